The Kier molecular flexibility index (Phi) is 4.36. The van der Waals surface area contributed by atoms with Crippen molar-refractivity contribution in [2.75, 3.05) is 13.1 Å². The molecule has 1 aliphatic heterocycles. The molecule has 1 saturated heterocycles. The van der Waals surface area contributed by atoms with Gasteiger partial charge < -0.3 is 0 Å². The van der Waals surface area contributed by atoms with Gasteiger partial charge in [0.2, 0.25) is 0 Å². The molecule has 1 aromatic carbocycles. The van der Waals surface area contributed by atoms with Crippen LogP contribution in [0.4, 0.5) is 0 Å². The lowest BCUT2D eigenvalue weighted by molar-refractivity contribution is 0.316. The first-order chi connectivity index (χ1) is 10.1. The number of piperidine rings is 1. The van der Waals surface area contributed by atoms with E-state index in [1.165, 1.54) is 5.56 Å². The summed E-state index contributed by atoms with van der Waals surface area (Å²) in [6, 6.07) is 13.4. The van der Waals surface area contributed by atoms with E-state index >= 15 is 0 Å². The summed E-state index contributed by atoms with van der Waals surface area (Å²) in [5.74, 6) is 0.269. The van der Waals surface area contributed by atoms with Crippen LogP contribution < -0.4 is 0 Å². The Morgan fingerprint density at radius 1 is 1.14 bits per heavy atom. The molecule has 1 aliphatic rings. The maximum absolute atomic E-state index is 12.7. The molecule has 0 unspecified atom stereocenters. The lowest BCUT2D eigenvalue weighted by Gasteiger charge is -2.31. The van der Waals surface area contributed by atoms with E-state index in [4.69, 9.17) is 11.6 Å². The van der Waals surface area contributed by atoms with Crippen molar-refractivity contribution in [2.45, 2.75) is 23.0 Å². The van der Waals surface area contributed by atoms with E-state index in [0.717, 1.165) is 24.2 Å². The lowest BCUT2D eigenvalue weighted by atomic mass is 9.92. The van der Waals surface area contributed by atoms with Crippen LogP contribution in [0, 0.1) is 0 Å². The molecule has 2 heterocycles. The normalized spacial score (nSPS) is 20.5. The van der Waals surface area contributed by atoms with Crippen LogP contribution in [-0.4, -0.2) is 25.8 Å². The molecular formula is C15H16ClNO2S2. The number of nitrogens with zero attached hydrogens (tertiary/aromatic N) is 1. The number of rotatable bonds is 3. The molecule has 6 heteroatoms. The van der Waals surface area contributed by atoms with E-state index in [1.807, 2.05) is 18.2 Å². The van der Waals surface area contributed by atoms with Gasteiger partial charge in [-0.05, 0) is 36.5 Å². The van der Waals surface area contributed by atoms with Crippen LogP contribution >= 0.6 is 22.9 Å². The summed E-state index contributed by atoms with van der Waals surface area (Å²) in [6.45, 7) is 1.13. The minimum Gasteiger partial charge on any atom is -0.206 e. The summed E-state index contributed by atoms with van der Waals surface area (Å²) >= 11 is 6.99. The first kappa shape index (κ1) is 15.0. The molecule has 1 fully saturated rings. The van der Waals surface area contributed by atoms with Crippen LogP contribution in [0.1, 0.15) is 24.3 Å². The van der Waals surface area contributed by atoms with Gasteiger partial charge in [0.1, 0.15) is 4.21 Å². The Labute approximate surface area is 134 Å². The number of halogens is 1. The standard InChI is InChI=1S/C15H16ClNO2S2/c16-14-8-9-15(20-14)21(18,19)17-10-4-7-13(11-17)12-5-2-1-3-6-12/h1-3,5-6,8-9,13H,4,7,10-11H2/t13-/m1/s1. The van der Waals surface area contributed by atoms with Gasteiger partial charge in [-0.15, -0.1) is 11.3 Å². The zero-order chi connectivity index (χ0) is 14.9. The second-order valence-electron chi connectivity index (χ2n) is 5.17. The second-order valence-corrected chi connectivity index (χ2v) is 9.05. The lowest BCUT2D eigenvalue weighted by Crippen LogP contribution is -2.38. The molecule has 0 amide bonds. The van der Waals surface area contributed by atoms with E-state index in [9.17, 15) is 8.42 Å². The number of hydrogen-bond acceptors (Lipinski definition) is 3. The summed E-state index contributed by atoms with van der Waals surface area (Å²) in [7, 11) is -3.41. The third-order valence-electron chi connectivity index (χ3n) is 3.80. The van der Waals surface area contributed by atoms with Gasteiger partial charge in [0.15, 0.2) is 0 Å². The van der Waals surface area contributed by atoms with Crippen molar-refractivity contribution >= 4 is 33.0 Å². The van der Waals surface area contributed by atoms with Gasteiger partial charge in [-0.3, -0.25) is 0 Å². The van der Waals surface area contributed by atoms with Crippen molar-refractivity contribution in [3.63, 3.8) is 0 Å². The van der Waals surface area contributed by atoms with Crippen LogP contribution in [-0.2, 0) is 10.0 Å². The largest absolute Gasteiger partial charge is 0.252 e. The quantitative estimate of drug-likeness (QED) is 0.847. The average molecular weight is 342 g/mol. The molecule has 21 heavy (non-hydrogen) atoms. The fraction of sp³-hybridized carbons (Fsp3) is 0.333. The van der Waals surface area contributed by atoms with E-state index < -0.39 is 10.0 Å². The average Bonchev–Trinajstić information content (AvgIpc) is 2.96. The van der Waals surface area contributed by atoms with Crippen molar-refractivity contribution in [1.82, 2.24) is 4.31 Å². The van der Waals surface area contributed by atoms with Crippen molar-refractivity contribution in [1.29, 1.82) is 0 Å². The zero-order valence-electron chi connectivity index (χ0n) is 11.4. The molecule has 2 aromatic rings. The molecule has 0 radical (unpaired) electrons. The summed E-state index contributed by atoms with van der Waals surface area (Å²) < 4.78 is 27.7. The van der Waals surface area contributed by atoms with E-state index in [-0.39, 0.29) is 5.92 Å². The molecule has 0 bridgehead atoms. The summed E-state index contributed by atoms with van der Waals surface area (Å²) in [4.78, 5) is 0. The third kappa shape index (κ3) is 3.16. The molecular weight excluding hydrogens is 326 g/mol. The maximum atomic E-state index is 12.7. The van der Waals surface area contributed by atoms with Gasteiger partial charge in [-0.25, -0.2) is 8.42 Å². The van der Waals surface area contributed by atoms with E-state index in [0.29, 0.717) is 21.6 Å². The molecule has 3 nitrogen and oxygen atoms in total. The minimum atomic E-state index is -3.41. The molecule has 0 N–H and O–H groups in total. The second kappa shape index (κ2) is 6.08. The number of hydrogen-bond donors (Lipinski definition) is 0. The highest BCUT2D eigenvalue weighted by Crippen LogP contribution is 2.33. The number of benzene rings is 1. The van der Waals surface area contributed by atoms with Crippen molar-refractivity contribution in [2.24, 2.45) is 0 Å². The zero-order valence-corrected chi connectivity index (χ0v) is 13.8. The monoisotopic (exact) mass is 341 g/mol. The Hall–Kier alpha value is -0.880. The van der Waals surface area contributed by atoms with E-state index in [2.05, 4.69) is 12.1 Å². The Bertz CT molecular complexity index is 712. The van der Waals surface area contributed by atoms with Gasteiger partial charge in [0.05, 0.1) is 4.34 Å². The predicted octanol–water partition coefficient (Wildman–Crippen LogP) is 3.97. The van der Waals surface area contributed by atoms with Gasteiger partial charge in [0, 0.05) is 13.1 Å². The summed E-state index contributed by atoms with van der Waals surface area (Å²) in [5, 5.41) is 0. The first-order valence-electron chi connectivity index (χ1n) is 6.88. The molecule has 0 spiro atoms. The first-order valence-corrected chi connectivity index (χ1v) is 9.51. The molecule has 112 valence electrons. The highest BCUT2D eigenvalue weighted by molar-refractivity contribution is 7.91. The van der Waals surface area contributed by atoms with Gasteiger partial charge >= 0.3 is 0 Å². The highest BCUT2D eigenvalue weighted by atomic mass is 35.5. The number of sulfonamides is 1. The van der Waals surface area contributed by atoms with Crippen molar-refractivity contribution < 1.29 is 8.42 Å². The van der Waals surface area contributed by atoms with Crippen LogP contribution in [0.2, 0.25) is 4.34 Å². The highest BCUT2D eigenvalue weighted by Gasteiger charge is 2.31. The van der Waals surface area contributed by atoms with E-state index in [1.54, 1.807) is 16.4 Å². The molecule has 1 atom stereocenters. The van der Waals surface area contributed by atoms with Gasteiger partial charge in [-0.2, -0.15) is 4.31 Å². The third-order valence-corrected chi connectivity index (χ3v) is 7.36. The number of thiophene rings is 1. The smallest absolute Gasteiger partial charge is 0.206 e. The summed E-state index contributed by atoms with van der Waals surface area (Å²) in [5.41, 5.74) is 1.21. The van der Waals surface area contributed by atoms with Gasteiger partial charge in [-0.1, -0.05) is 41.9 Å². The molecule has 0 saturated carbocycles. The fourth-order valence-electron chi connectivity index (χ4n) is 2.72. The fourth-order valence-corrected chi connectivity index (χ4v) is 5.88. The van der Waals surface area contributed by atoms with Crippen molar-refractivity contribution in [3.05, 3.63) is 52.4 Å². The molecule has 1 aromatic heterocycles. The molecule has 3 rings (SSSR count). The maximum Gasteiger partial charge on any atom is 0.252 e. The topological polar surface area (TPSA) is 37.4 Å². The van der Waals surface area contributed by atoms with Crippen molar-refractivity contribution in [3.8, 4) is 0 Å². The predicted molar refractivity (Wildman–Crippen MR) is 86.5 cm³/mol. The molecule has 0 aliphatic carbocycles. The van der Waals surface area contributed by atoms with Crippen LogP contribution in [0.15, 0.2) is 46.7 Å². The van der Waals surface area contributed by atoms with Crippen LogP contribution in [0.3, 0.4) is 0 Å². The Morgan fingerprint density at radius 2 is 1.90 bits per heavy atom. The van der Waals surface area contributed by atoms with Crippen LogP contribution in [0.5, 0.6) is 0 Å². The SMILES string of the molecule is O=S(=O)(c1ccc(Cl)s1)N1CCC[C@@H](c2ccccc2)C1. The van der Waals surface area contributed by atoms with Gasteiger partial charge in [0.25, 0.3) is 10.0 Å². The Balaban J connectivity index is 1.83. The Morgan fingerprint density at radius 3 is 2.57 bits per heavy atom. The summed E-state index contributed by atoms with van der Waals surface area (Å²) in [6.07, 6.45) is 1.92. The minimum absolute atomic E-state index is 0.269. The van der Waals surface area contributed by atoms with Crippen LogP contribution in [0.25, 0.3) is 0 Å².